The van der Waals surface area contributed by atoms with Crippen molar-refractivity contribution in [3.8, 4) is 0 Å². The highest BCUT2D eigenvalue weighted by molar-refractivity contribution is 9.10. The van der Waals surface area contributed by atoms with Gasteiger partial charge in [-0.3, -0.25) is 4.68 Å². The third-order valence-corrected chi connectivity index (χ3v) is 13.0. The summed E-state index contributed by atoms with van der Waals surface area (Å²) in [5.41, 5.74) is 0.171. The Kier molecular flexibility index (Phi) is 6.83. The van der Waals surface area contributed by atoms with Crippen molar-refractivity contribution in [1.29, 1.82) is 0 Å². The molecule has 8 heteroatoms. The Hall–Kier alpha value is -0.703. The molecule has 1 aromatic heterocycles. The second kappa shape index (κ2) is 8.01. The summed E-state index contributed by atoms with van der Waals surface area (Å²) in [6.45, 7) is 21.8. The lowest BCUT2D eigenvalue weighted by Crippen LogP contribution is -2.49. The molecule has 0 aliphatic carbocycles. The van der Waals surface area contributed by atoms with Crippen molar-refractivity contribution >= 4 is 45.0 Å². The van der Waals surface area contributed by atoms with Gasteiger partial charge in [-0.15, -0.1) is 0 Å². The number of fused-ring (bicyclic) bond motifs is 1. The molecule has 2 rings (SSSR count). The van der Waals surface area contributed by atoms with E-state index in [-0.39, 0.29) is 16.2 Å². The first-order valence-corrected chi connectivity index (χ1v) is 15.7. The van der Waals surface area contributed by atoms with Crippen molar-refractivity contribution < 1.29 is 12.8 Å². The lowest BCUT2D eigenvalue weighted by Gasteiger charge is -2.42. The van der Waals surface area contributed by atoms with Gasteiger partial charge in [0.15, 0.2) is 18.2 Å². The van der Waals surface area contributed by atoms with Crippen LogP contribution < -0.4 is 0 Å². The number of hydrogen-bond acceptors (Lipinski definition) is 4. The predicted octanol–water partition coefficient (Wildman–Crippen LogP) is 6.42. The molecular weight excluding hydrogens is 480 g/mol. The van der Waals surface area contributed by atoms with Crippen molar-refractivity contribution in [3.63, 3.8) is 0 Å². The summed E-state index contributed by atoms with van der Waals surface area (Å²) >= 11 is 3.59. The van der Waals surface area contributed by atoms with Crippen LogP contribution in [0.15, 0.2) is 27.7 Å². The minimum absolute atomic E-state index is 0.0967. The molecule has 0 unspecified atom stereocenters. The van der Waals surface area contributed by atoms with Crippen LogP contribution in [-0.4, -0.2) is 37.9 Å². The Bertz CT molecular complexity index is 1030. The summed E-state index contributed by atoms with van der Waals surface area (Å²) in [6, 6.07) is 3.43. The van der Waals surface area contributed by atoms with Gasteiger partial charge < -0.3 is 4.43 Å². The number of sulfone groups is 1. The van der Waals surface area contributed by atoms with E-state index in [0.717, 1.165) is 15.4 Å². The highest BCUT2D eigenvalue weighted by atomic mass is 79.9. The molecule has 0 aliphatic heterocycles. The van der Waals surface area contributed by atoms with E-state index in [0.29, 0.717) is 11.4 Å². The highest BCUT2D eigenvalue weighted by Crippen LogP contribution is 2.40. The minimum Gasteiger partial charge on any atom is -0.410 e. The van der Waals surface area contributed by atoms with Crippen LogP contribution in [0.2, 0.25) is 18.1 Å². The van der Waals surface area contributed by atoms with Gasteiger partial charge in [0.05, 0.1) is 34.5 Å². The molecule has 0 bridgehead atoms. The summed E-state index contributed by atoms with van der Waals surface area (Å²) in [5, 5.41) is 5.48. The van der Waals surface area contributed by atoms with E-state index >= 15 is 0 Å². The summed E-state index contributed by atoms with van der Waals surface area (Å²) < 4.78 is 35.0. The van der Waals surface area contributed by atoms with Crippen molar-refractivity contribution in [2.75, 3.05) is 5.75 Å². The van der Waals surface area contributed by atoms with E-state index in [2.05, 4.69) is 68.7 Å². The largest absolute Gasteiger partial charge is 0.410 e. The summed E-state index contributed by atoms with van der Waals surface area (Å²) in [7, 11) is -5.33. The van der Waals surface area contributed by atoms with Crippen molar-refractivity contribution in [3.05, 3.63) is 22.8 Å². The van der Waals surface area contributed by atoms with Crippen LogP contribution >= 0.6 is 15.9 Å². The van der Waals surface area contributed by atoms with Gasteiger partial charge in [0.2, 0.25) is 0 Å². The SMILES string of the molecule is CC(C)(C)CS(=O)(=O)c1cc(Br)c2c(cnn2CC(C)(C)O[Si](C)(C)C(C)(C)C)c1. The van der Waals surface area contributed by atoms with Crippen LogP contribution in [0.1, 0.15) is 55.4 Å². The fraction of sp³-hybridized carbons (Fsp3) is 0.682. The van der Waals surface area contributed by atoms with E-state index < -0.39 is 23.8 Å². The fourth-order valence-corrected chi connectivity index (χ4v) is 7.84. The van der Waals surface area contributed by atoms with Gasteiger partial charge in [-0.2, -0.15) is 5.10 Å². The molecule has 0 saturated carbocycles. The normalized spacial score (nSPS) is 14.5. The Labute approximate surface area is 191 Å². The number of halogens is 1. The average molecular weight is 518 g/mol. The quantitative estimate of drug-likeness (QED) is 0.415. The maximum atomic E-state index is 12.9. The third-order valence-electron chi connectivity index (χ3n) is 5.51. The summed E-state index contributed by atoms with van der Waals surface area (Å²) in [5.74, 6) is 0.0967. The smallest absolute Gasteiger partial charge is 0.192 e. The topological polar surface area (TPSA) is 61.2 Å². The first kappa shape index (κ1) is 25.6. The van der Waals surface area contributed by atoms with E-state index in [1.807, 2.05) is 25.5 Å². The number of rotatable bonds is 6. The second-order valence-electron chi connectivity index (χ2n) is 11.6. The minimum atomic E-state index is -3.38. The van der Waals surface area contributed by atoms with Crippen LogP contribution in [0, 0.1) is 5.41 Å². The molecule has 5 nitrogen and oxygen atoms in total. The van der Waals surface area contributed by atoms with Crippen LogP contribution in [0.25, 0.3) is 10.9 Å². The number of aromatic nitrogens is 2. The van der Waals surface area contributed by atoms with E-state index in [1.54, 1.807) is 18.3 Å². The van der Waals surface area contributed by atoms with Gasteiger partial charge in [0.1, 0.15) is 0 Å². The fourth-order valence-electron chi connectivity index (χ4n) is 3.34. The Morgan fingerprint density at radius 2 is 1.63 bits per heavy atom. The van der Waals surface area contributed by atoms with Gasteiger partial charge in [-0.05, 0) is 65.5 Å². The molecule has 0 N–H and O–H groups in total. The number of nitrogens with zero attached hydrogens (tertiary/aromatic N) is 2. The maximum absolute atomic E-state index is 12.9. The first-order valence-electron chi connectivity index (χ1n) is 10.3. The molecule has 170 valence electrons. The van der Waals surface area contributed by atoms with E-state index in [4.69, 9.17) is 4.43 Å². The Balaban J connectivity index is 2.40. The van der Waals surface area contributed by atoms with Gasteiger partial charge in [0, 0.05) is 9.86 Å². The van der Waals surface area contributed by atoms with E-state index in [9.17, 15) is 8.42 Å². The zero-order valence-electron chi connectivity index (χ0n) is 20.1. The molecular formula is C22H37BrN2O3SSi. The zero-order valence-corrected chi connectivity index (χ0v) is 23.5. The highest BCUT2D eigenvalue weighted by Gasteiger charge is 2.41. The zero-order chi connectivity index (χ0) is 23.3. The molecule has 0 aliphatic rings. The monoisotopic (exact) mass is 516 g/mol. The van der Waals surface area contributed by atoms with E-state index in [1.165, 1.54) is 0 Å². The van der Waals surface area contributed by atoms with Crippen molar-refractivity contribution in [2.45, 2.75) is 90.6 Å². The lowest BCUT2D eigenvalue weighted by molar-refractivity contribution is 0.0705. The lowest BCUT2D eigenvalue weighted by atomic mass is 10.0. The predicted molar refractivity (Wildman–Crippen MR) is 131 cm³/mol. The van der Waals surface area contributed by atoms with Gasteiger partial charge in [-0.25, -0.2) is 8.42 Å². The first-order chi connectivity index (χ1) is 13.2. The summed E-state index contributed by atoms with van der Waals surface area (Å²) in [4.78, 5) is 0.327. The number of hydrogen-bond donors (Lipinski definition) is 0. The summed E-state index contributed by atoms with van der Waals surface area (Å²) in [6.07, 6.45) is 1.73. The molecule has 0 saturated heterocycles. The van der Waals surface area contributed by atoms with Crippen LogP contribution in [0.4, 0.5) is 0 Å². The molecule has 2 aromatic rings. The standard InChI is InChI=1S/C22H37BrN2O3SSi/c1-20(2,3)15-29(26,27)17-11-16-13-24-25(19(16)18(23)12-17)14-22(7,8)28-30(9,10)21(4,5)6/h11-13H,14-15H2,1-10H3. The van der Waals surface area contributed by atoms with Gasteiger partial charge in [-0.1, -0.05) is 41.5 Å². The van der Waals surface area contributed by atoms with Crippen LogP contribution in [-0.2, 0) is 20.8 Å². The maximum Gasteiger partial charge on any atom is 0.192 e. The molecule has 30 heavy (non-hydrogen) atoms. The molecule has 0 radical (unpaired) electrons. The molecule has 0 spiro atoms. The van der Waals surface area contributed by atoms with Crippen LogP contribution in [0.5, 0.6) is 0 Å². The van der Waals surface area contributed by atoms with Crippen molar-refractivity contribution in [1.82, 2.24) is 9.78 Å². The second-order valence-corrected chi connectivity index (χ2v) is 19.2. The molecule has 0 fully saturated rings. The molecule has 1 aromatic carbocycles. The van der Waals surface area contributed by atoms with Gasteiger partial charge in [0.25, 0.3) is 0 Å². The molecule has 0 atom stereocenters. The number of benzene rings is 1. The van der Waals surface area contributed by atoms with Crippen LogP contribution in [0.3, 0.4) is 0 Å². The molecule has 1 heterocycles. The Morgan fingerprint density at radius 1 is 1.07 bits per heavy atom. The molecule has 0 amide bonds. The van der Waals surface area contributed by atoms with Crippen molar-refractivity contribution in [2.24, 2.45) is 5.41 Å². The third kappa shape index (κ3) is 5.96. The van der Waals surface area contributed by atoms with Gasteiger partial charge >= 0.3 is 0 Å². The average Bonchev–Trinajstić information content (AvgIpc) is 2.85. The Morgan fingerprint density at radius 3 is 2.13 bits per heavy atom.